The van der Waals surface area contributed by atoms with Gasteiger partial charge in [-0.15, -0.1) is 0 Å². The van der Waals surface area contributed by atoms with E-state index in [9.17, 15) is 13.5 Å². The van der Waals surface area contributed by atoms with Gasteiger partial charge >= 0.3 is 0 Å². The fraction of sp³-hybridized carbons (Fsp3) is 1.00. The number of sulfone groups is 1. The van der Waals surface area contributed by atoms with Gasteiger partial charge in [0.2, 0.25) is 0 Å². The molecule has 2 fully saturated rings. The van der Waals surface area contributed by atoms with Gasteiger partial charge in [0.1, 0.15) is 9.84 Å². The molecule has 0 aromatic carbocycles. The minimum Gasteiger partial charge on any atom is -0.388 e. The predicted octanol–water partition coefficient (Wildman–Crippen LogP) is 2.24. The summed E-state index contributed by atoms with van der Waals surface area (Å²) in [4.78, 5) is 0. The zero-order chi connectivity index (χ0) is 13.4. The standard InChI is InChI=1S/C13H24O3S2/c1-10-13(14,7-4-8-17-10)11-5-3-6-12(9-11)18(2,15)16/h10-12,14H,3-9H2,1-2H3. The van der Waals surface area contributed by atoms with Gasteiger partial charge in [0.15, 0.2) is 0 Å². The van der Waals surface area contributed by atoms with E-state index >= 15 is 0 Å². The maximum Gasteiger partial charge on any atom is 0.150 e. The molecule has 0 aromatic heterocycles. The molecule has 0 bridgehead atoms. The van der Waals surface area contributed by atoms with E-state index < -0.39 is 15.4 Å². The van der Waals surface area contributed by atoms with Crippen molar-refractivity contribution in [1.82, 2.24) is 0 Å². The van der Waals surface area contributed by atoms with E-state index in [-0.39, 0.29) is 16.4 Å². The summed E-state index contributed by atoms with van der Waals surface area (Å²) in [6.45, 7) is 2.09. The summed E-state index contributed by atoms with van der Waals surface area (Å²) in [6.07, 6.45) is 6.56. The molecule has 3 nitrogen and oxygen atoms in total. The lowest BCUT2D eigenvalue weighted by atomic mass is 9.73. The molecule has 0 radical (unpaired) electrons. The number of thioether (sulfide) groups is 1. The number of hydrogen-bond donors (Lipinski definition) is 1. The highest BCUT2D eigenvalue weighted by atomic mass is 32.2. The van der Waals surface area contributed by atoms with Crippen LogP contribution >= 0.6 is 11.8 Å². The minimum atomic E-state index is -2.96. The molecule has 1 aliphatic heterocycles. The Morgan fingerprint density at radius 3 is 2.61 bits per heavy atom. The molecule has 0 amide bonds. The van der Waals surface area contributed by atoms with Crippen molar-refractivity contribution in [3.63, 3.8) is 0 Å². The van der Waals surface area contributed by atoms with Gasteiger partial charge in [-0.25, -0.2) is 8.42 Å². The van der Waals surface area contributed by atoms with Crippen LogP contribution < -0.4 is 0 Å². The van der Waals surface area contributed by atoms with Crippen molar-refractivity contribution in [3.05, 3.63) is 0 Å². The Bertz CT molecular complexity index is 393. The molecule has 5 heteroatoms. The van der Waals surface area contributed by atoms with Crippen LogP contribution in [0.5, 0.6) is 0 Å². The zero-order valence-corrected chi connectivity index (χ0v) is 12.9. The van der Waals surface area contributed by atoms with E-state index in [1.807, 2.05) is 11.8 Å². The van der Waals surface area contributed by atoms with Crippen LogP contribution in [0, 0.1) is 5.92 Å². The van der Waals surface area contributed by atoms with Crippen LogP contribution in [-0.4, -0.2) is 41.6 Å². The van der Waals surface area contributed by atoms with Crippen LogP contribution in [0.2, 0.25) is 0 Å². The topological polar surface area (TPSA) is 54.4 Å². The highest BCUT2D eigenvalue weighted by Gasteiger charge is 2.46. The molecule has 1 saturated carbocycles. The van der Waals surface area contributed by atoms with Gasteiger partial charge in [0, 0.05) is 11.5 Å². The molecular weight excluding hydrogens is 268 g/mol. The molecule has 4 unspecified atom stereocenters. The number of hydrogen-bond acceptors (Lipinski definition) is 4. The van der Waals surface area contributed by atoms with Gasteiger partial charge in [-0.05, 0) is 43.8 Å². The Labute approximate surface area is 115 Å². The Morgan fingerprint density at radius 2 is 2.00 bits per heavy atom. The minimum absolute atomic E-state index is 0.161. The third-order valence-corrected chi connectivity index (χ3v) is 7.80. The molecule has 1 heterocycles. The van der Waals surface area contributed by atoms with E-state index in [0.29, 0.717) is 6.42 Å². The molecule has 106 valence electrons. The van der Waals surface area contributed by atoms with Crippen molar-refractivity contribution in [2.45, 2.75) is 61.5 Å². The summed E-state index contributed by atoms with van der Waals surface area (Å²) in [5.74, 6) is 1.28. The van der Waals surface area contributed by atoms with E-state index in [4.69, 9.17) is 0 Å². The predicted molar refractivity (Wildman–Crippen MR) is 76.7 cm³/mol. The number of aliphatic hydroxyl groups is 1. The third-order valence-electron chi connectivity index (χ3n) is 4.73. The van der Waals surface area contributed by atoms with E-state index in [1.165, 1.54) is 6.26 Å². The molecule has 1 aliphatic carbocycles. The zero-order valence-electron chi connectivity index (χ0n) is 11.3. The molecule has 0 aromatic rings. The first-order valence-corrected chi connectivity index (χ1v) is 9.87. The van der Waals surface area contributed by atoms with Crippen molar-refractivity contribution in [2.75, 3.05) is 12.0 Å². The SMILES string of the molecule is CC1SCCCC1(O)C1CCCC(S(C)(=O)=O)C1. The smallest absolute Gasteiger partial charge is 0.150 e. The maximum absolute atomic E-state index is 11.7. The van der Waals surface area contributed by atoms with E-state index in [0.717, 1.165) is 37.9 Å². The quantitative estimate of drug-likeness (QED) is 0.848. The van der Waals surface area contributed by atoms with Crippen LogP contribution in [0.3, 0.4) is 0 Å². The molecule has 4 atom stereocenters. The average molecular weight is 292 g/mol. The van der Waals surface area contributed by atoms with Gasteiger partial charge in [-0.1, -0.05) is 13.3 Å². The summed E-state index contributed by atoms with van der Waals surface area (Å²) in [6, 6.07) is 0. The lowest BCUT2D eigenvalue weighted by molar-refractivity contribution is -0.0405. The lowest BCUT2D eigenvalue weighted by Gasteiger charge is -2.46. The second-order valence-electron chi connectivity index (χ2n) is 5.92. The second-order valence-corrected chi connectivity index (χ2v) is 9.70. The molecule has 0 spiro atoms. The monoisotopic (exact) mass is 292 g/mol. The van der Waals surface area contributed by atoms with Crippen LogP contribution in [0.1, 0.15) is 45.4 Å². The van der Waals surface area contributed by atoms with Crippen LogP contribution in [0.15, 0.2) is 0 Å². The lowest BCUT2D eigenvalue weighted by Crippen LogP contribution is -2.50. The first-order chi connectivity index (χ1) is 8.34. The normalized spacial score (nSPS) is 42.7. The average Bonchev–Trinajstić information content (AvgIpc) is 2.32. The maximum atomic E-state index is 11.7. The Balaban J connectivity index is 2.13. The second kappa shape index (κ2) is 5.33. The summed E-state index contributed by atoms with van der Waals surface area (Å²) < 4.78 is 23.4. The molecule has 2 aliphatic rings. The third kappa shape index (κ3) is 2.88. The van der Waals surface area contributed by atoms with Gasteiger partial charge in [0.25, 0.3) is 0 Å². The van der Waals surface area contributed by atoms with E-state index in [2.05, 4.69) is 6.92 Å². The van der Waals surface area contributed by atoms with Crippen molar-refractivity contribution in [3.8, 4) is 0 Å². The van der Waals surface area contributed by atoms with Gasteiger partial charge in [0.05, 0.1) is 10.9 Å². The Hall–Kier alpha value is 0.260. The van der Waals surface area contributed by atoms with Crippen LogP contribution in [-0.2, 0) is 9.84 Å². The number of rotatable bonds is 2. The first-order valence-electron chi connectivity index (χ1n) is 6.87. The Kier molecular flexibility index (Phi) is 4.34. The fourth-order valence-electron chi connectivity index (χ4n) is 3.49. The summed E-state index contributed by atoms with van der Waals surface area (Å²) in [5, 5.41) is 10.9. The fourth-order valence-corrected chi connectivity index (χ4v) is 5.93. The molecule has 2 rings (SSSR count). The first kappa shape index (κ1) is 14.7. The highest BCUT2D eigenvalue weighted by molar-refractivity contribution is 8.00. The highest BCUT2D eigenvalue weighted by Crippen LogP contribution is 2.45. The van der Waals surface area contributed by atoms with Gasteiger partial charge in [-0.2, -0.15) is 11.8 Å². The molecular formula is C13H24O3S2. The van der Waals surface area contributed by atoms with E-state index in [1.54, 1.807) is 0 Å². The van der Waals surface area contributed by atoms with Crippen molar-refractivity contribution in [1.29, 1.82) is 0 Å². The summed E-state index contributed by atoms with van der Waals surface area (Å²) >= 11 is 1.83. The van der Waals surface area contributed by atoms with Crippen molar-refractivity contribution >= 4 is 21.6 Å². The van der Waals surface area contributed by atoms with Crippen LogP contribution in [0.4, 0.5) is 0 Å². The largest absolute Gasteiger partial charge is 0.388 e. The molecule has 1 saturated heterocycles. The van der Waals surface area contributed by atoms with Gasteiger partial charge < -0.3 is 5.11 Å². The molecule has 1 N–H and O–H groups in total. The molecule has 18 heavy (non-hydrogen) atoms. The van der Waals surface area contributed by atoms with Crippen molar-refractivity contribution in [2.24, 2.45) is 5.92 Å². The van der Waals surface area contributed by atoms with Crippen molar-refractivity contribution < 1.29 is 13.5 Å². The van der Waals surface area contributed by atoms with Crippen LogP contribution in [0.25, 0.3) is 0 Å². The van der Waals surface area contributed by atoms with Gasteiger partial charge in [-0.3, -0.25) is 0 Å². The Morgan fingerprint density at radius 1 is 1.28 bits per heavy atom. The summed E-state index contributed by atoms with van der Waals surface area (Å²) in [5.41, 5.74) is -0.647. The summed E-state index contributed by atoms with van der Waals surface area (Å²) in [7, 11) is -2.96.